The summed E-state index contributed by atoms with van der Waals surface area (Å²) in [6.07, 6.45) is 2.10. The highest BCUT2D eigenvalue weighted by Crippen LogP contribution is 2.38. The van der Waals surface area contributed by atoms with E-state index in [0.29, 0.717) is 19.8 Å². The fraction of sp³-hybridized carbons (Fsp3) is 0.611. The van der Waals surface area contributed by atoms with Crippen LogP contribution < -0.4 is 9.47 Å². The molecule has 5 nitrogen and oxygen atoms in total. The number of hydrogen-bond donors (Lipinski definition) is 0. The van der Waals surface area contributed by atoms with Crippen molar-refractivity contribution in [3.63, 3.8) is 0 Å². The first-order valence-electron chi connectivity index (χ1n) is 8.80. The number of thioether (sulfide) groups is 1. The maximum absolute atomic E-state index is 12.8. The minimum Gasteiger partial charge on any atom is -0.486 e. The van der Waals surface area contributed by atoms with Crippen LogP contribution in [-0.2, 0) is 4.79 Å². The quantitative estimate of drug-likeness (QED) is 0.837. The Labute approximate surface area is 147 Å². The van der Waals surface area contributed by atoms with Gasteiger partial charge in [0, 0.05) is 31.1 Å². The minimum absolute atomic E-state index is 0.174. The summed E-state index contributed by atoms with van der Waals surface area (Å²) in [5.74, 6) is 4.16. The first-order valence-corrected chi connectivity index (χ1v) is 9.96. The Morgan fingerprint density at radius 2 is 1.92 bits per heavy atom. The number of hydrogen-bond acceptors (Lipinski definition) is 5. The molecule has 3 aliphatic heterocycles. The van der Waals surface area contributed by atoms with E-state index in [9.17, 15) is 4.79 Å². The van der Waals surface area contributed by atoms with Crippen LogP contribution in [0.15, 0.2) is 18.2 Å². The zero-order chi connectivity index (χ0) is 16.4. The number of carbonyl (C=O) groups is 1. The summed E-state index contributed by atoms with van der Waals surface area (Å²) < 4.78 is 11.3. The van der Waals surface area contributed by atoms with Crippen molar-refractivity contribution in [1.82, 2.24) is 9.80 Å². The van der Waals surface area contributed by atoms with Crippen LogP contribution in [0.3, 0.4) is 0 Å². The Hall–Kier alpha value is -1.40. The summed E-state index contributed by atoms with van der Waals surface area (Å²) in [6.45, 7) is 4.67. The van der Waals surface area contributed by atoms with Crippen LogP contribution in [0.2, 0.25) is 0 Å². The van der Waals surface area contributed by atoms with Crippen molar-refractivity contribution in [1.29, 1.82) is 0 Å². The summed E-state index contributed by atoms with van der Waals surface area (Å²) in [6, 6.07) is 6.29. The number of ether oxygens (including phenoxy) is 2. The van der Waals surface area contributed by atoms with E-state index in [1.54, 1.807) is 0 Å². The first-order chi connectivity index (χ1) is 11.8. The third-order valence-corrected chi connectivity index (χ3v) is 5.93. The third-order valence-electron chi connectivity index (χ3n) is 4.99. The standard InChI is InChI=1S/C18H24N2O3S/c21-18(13-19-6-10-24-11-7-19)20-5-1-2-15(20)14-3-4-16-17(12-14)23-9-8-22-16/h3-4,12,15H,1-2,5-11,13H2. The zero-order valence-electron chi connectivity index (χ0n) is 13.9. The van der Waals surface area contributed by atoms with Crippen molar-refractivity contribution < 1.29 is 14.3 Å². The monoisotopic (exact) mass is 348 g/mol. The van der Waals surface area contributed by atoms with Gasteiger partial charge >= 0.3 is 0 Å². The normalized spacial score (nSPS) is 24.2. The molecule has 1 aromatic rings. The molecule has 1 amide bonds. The number of fused-ring (bicyclic) bond motifs is 1. The molecule has 0 bridgehead atoms. The average Bonchev–Trinajstić information content (AvgIpc) is 3.12. The summed E-state index contributed by atoms with van der Waals surface area (Å²) in [7, 11) is 0. The molecule has 0 saturated carbocycles. The maximum Gasteiger partial charge on any atom is 0.237 e. The van der Waals surface area contributed by atoms with Gasteiger partial charge in [0.2, 0.25) is 5.91 Å². The van der Waals surface area contributed by atoms with E-state index >= 15 is 0 Å². The topological polar surface area (TPSA) is 42.0 Å². The molecule has 2 saturated heterocycles. The van der Waals surface area contributed by atoms with Gasteiger partial charge in [0.1, 0.15) is 13.2 Å². The predicted octanol–water partition coefficient (Wildman–Crippen LogP) is 2.17. The highest BCUT2D eigenvalue weighted by molar-refractivity contribution is 7.99. The van der Waals surface area contributed by atoms with E-state index in [0.717, 1.165) is 55.5 Å². The van der Waals surface area contributed by atoms with Crippen LogP contribution in [0.4, 0.5) is 0 Å². The lowest BCUT2D eigenvalue weighted by atomic mass is 10.0. The largest absolute Gasteiger partial charge is 0.486 e. The van der Waals surface area contributed by atoms with Crippen LogP contribution in [0, 0.1) is 0 Å². The molecular weight excluding hydrogens is 324 g/mol. The van der Waals surface area contributed by atoms with Gasteiger partial charge in [0.15, 0.2) is 11.5 Å². The highest BCUT2D eigenvalue weighted by Gasteiger charge is 2.31. The molecule has 0 spiro atoms. The molecule has 1 unspecified atom stereocenters. The molecule has 1 atom stereocenters. The van der Waals surface area contributed by atoms with Gasteiger partial charge in [0.05, 0.1) is 12.6 Å². The second-order valence-corrected chi connectivity index (χ2v) is 7.76. The fourth-order valence-corrected chi connectivity index (χ4v) is 4.70. The molecule has 0 aromatic heterocycles. The lowest BCUT2D eigenvalue weighted by molar-refractivity contribution is -0.133. The van der Waals surface area contributed by atoms with Gasteiger partial charge < -0.3 is 14.4 Å². The van der Waals surface area contributed by atoms with Crippen molar-refractivity contribution in [2.24, 2.45) is 0 Å². The lowest BCUT2D eigenvalue weighted by Crippen LogP contribution is -2.43. The van der Waals surface area contributed by atoms with E-state index < -0.39 is 0 Å². The highest BCUT2D eigenvalue weighted by atomic mass is 32.2. The molecule has 4 rings (SSSR count). The predicted molar refractivity (Wildman–Crippen MR) is 94.9 cm³/mol. The van der Waals surface area contributed by atoms with Gasteiger partial charge in [-0.3, -0.25) is 9.69 Å². The molecular formula is C18H24N2O3S. The molecule has 24 heavy (non-hydrogen) atoms. The maximum atomic E-state index is 12.8. The van der Waals surface area contributed by atoms with Crippen LogP contribution >= 0.6 is 11.8 Å². The second-order valence-electron chi connectivity index (χ2n) is 6.54. The summed E-state index contributed by atoms with van der Waals surface area (Å²) in [5, 5.41) is 0. The fourth-order valence-electron chi connectivity index (χ4n) is 3.72. The Morgan fingerprint density at radius 1 is 1.12 bits per heavy atom. The Kier molecular flexibility index (Phi) is 4.85. The number of rotatable bonds is 3. The van der Waals surface area contributed by atoms with E-state index in [4.69, 9.17) is 9.47 Å². The van der Waals surface area contributed by atoms with Crippen LogP contribution in [0.1, 0.15) is 24.4 Å². The van der Waals surface area contributed by atoms with Crippen LogP contribution in [0.25, 0.3) is 0 Å². The molecule has 0 N–H and O–H groups in total. The minimum atomic E-state index is 0.174. The molecule has 0 aliphatic carbocycles. The van der Waals surface area contributed by atoms with Gasteiger partial charge in [-0.25, -0.2) is 0 Å². The Bertz CT molecular complexity index is 604. The zero-order valence-corrected chi connectivity index (χ0v) is 14.7. The van der Waals surface area contributed by atoms with Gasteiger partial charge in [-0.05, 0) is 30.5 Å². The molecule has 1 aromatic carbocycles. The summed E-state index contributed by atoms with van der Waals surface area (Å²) in [5.41, 5.74) is 1.17. The van der Waals surface area contributed by atoms with Gasteiger partial charge in [-0.1, -0.05) is 6.07 Å². The van der Waals surface area contributed by atoms with Crippen molar-refractivity contribution in [2.45, 2.75) is 18.9 Å². The number of benzene rings is 1. The van der Waals surface area contributed by atoms with E-state index in [1.165, 1.54) is 5.56 Å². The number of amides is 1. The first kappa shape index (κ1) is 16.1. The number of carbonyl (C=O) groups excluding carboxylic acids is 1. The molecule has 130 valence electrons. The lowest BCUT2D eigenvalue weighted by Gasteiger charge is -2.31. The SMILES string of the molecule is O=C(CN1CCSCC1)N1CCCC1c1ccc2c(c1)OCCO2. The number of likely N-dealkylation sites (tertiary alicyclic amines) is 1. The summed E-state index contributed by atoms with van der Waals surface area (Å²) in [4.78, 5) is 17.2. The van der Waals surface area contributed by atoms with Crippen molar-refractivity contribution in [3.05, 3.63) is 23.8 Å². The van der Waals surface area contributed by atoms with E-state index in [-0.39, 0.29) is 11.9 Å². The molecule has 3 heterocycles. The molecule has 6 heteroatoms. The second kappa shape index (κ2) is 7.23. The van der Waals surface area contributed by atoms with E-state index in [1.807, 2.05) is 17.8 Å². The van der Waals surface area contributed by atoms with Gasteiger partial charge in [-0.15, -0.1) is 0 Å². The molecule has 3 aliphatic rings. The molecule has 2 fully saturated rings. The van der Waals surface area contributed by atoms with Crippen molar-refractivity contribution in [3.8, 4) is 11.5 Å². The van der Waals surface area contributed by atoms with Crippen LogP contribution in [0.5, 0.6) is 11.5 Å². The van der Waals surface area contributed by atoms with Crippen molar-refractivity contribution in [2.75, 3.05) is 50.9 Å². The average molecular weight is 348 g/mol. The van der Waals surface area contributed by atoms with Gasteiger partial charge in [-0.2, -0.15) is 11.8 Å². The third kappa shape index (κ3) is 3.35. The Balaban J connectivity index is 1.47. The Morgan fingerprint density at radius 3 is 2.75 bits per heavy atom. The molecule has 0 radical (unpaired) electrons. The van der Waals surface area contributed by atoms with Gasteiger partial charge in [0.25, 0.3) is 0 Å². The van der Waals surface area contributed by atoms with Crippen LogP contribution in [-0.4, -0.2) is 66.6 Å². The number of nitrogens with zero attached hydrogens (tertiary/aromatic N) is 2. The summed E-state index contributed by atoms with van der Waals surface area (Å²) >= 11 is 1.98. The smallest absolute Gasteiger partial charge is 0.237 e. The van der Waals surface area contributed by atoms with E-state index in [2.05, 4.69) is 21.9 Å². The van der Waals surface area contributed by atoms with Crippen molar-refractivity contribution >= 4 is 17.7 Å².